The monoisotopic (exact) mass is 285 g/mol. The van der Waals surface area contributed by atoms with E-state index in [2.05, 4.69) is 22.9 Å². The number of rotatable bonds is 6. The summed E-state index contributed by atoms with van der Waals surface area (Å²) in [5, 5.41) is 0. The molecule has 0 radical (unpaired) electrons. The van der Waals surface area contributed by atoms with Crippen LogP contribution in [0.25, 0.3) is 0 Å². The summed E-state index contributed by atoms with van der Waals surface area (Å²) in [6.07, 6.45) is 1.83. The van der Waals surface area contributed by atoms with Gasteiger partial charge in [-0.1, -0.05) is 49.5 Å². The van der Waals surface area contributed by atoms with Crippen LogP contribution in [0.5, 0.6) is 0 Å². The summed E-state index contributed by atoms with van der Waals surface area (Å²) < 4.78 is 0. The molecule has 2 aromatic rings. The average molecular weight is 285 g/mol. The number of aromatic nitrogens is 1. The van der Waals surface area contributed by atoms with Crippen molar-refractivity contribution in [2.45, 2.75) is 20.0 Å². The summed E-state index contributed by atoms with van der Waals surface area (Å²) in [4.78, 5) is 7.15. The summed E-state index contributed by atoms with van der Waals surface area (Å²) in [6.45, 7) is 4.73. The van der Waals surface area contributed by atoms with E-state index in [1.54, 1.807) is 0 Å². The maximum Gasteiger partial charge on any atom is 0.104 e. The molecule has 2 rings (SSSR count). The van der Waals surface area contributed by atoms with E-state index in [0.29, 0.717) is 4.99 Å². The van der Waals surface area contributed by atoms with Gasteiger partial charge in [0.2, 0.25) is 0 Å². The van der Waals surface area contributed by atoms with Crippen LogP contribution in [0.3, 0.4) is 0 Å². The Morgan fingerprint density at radius 2 is 1.90 bits per heavy atom. The van der Waals surface area contributed by atoms with Crippen LogP contribution in [0.2, 0.25) is 0 Å². The normalized spacial score (nSPS) is 10.7. The summed E-state index contributed by atoms with van der Waals surface area (Å²) in [5.41, 5.74) is 8.98. The largest absolute Gasteiger partial charge is 0.389 e. The second kappa shape index (κ2) is 7.12. The first-order valence-electron chi connectivity index (χ1n) is 6.70. The smallest absolute Gasteiger partial charge is 0.104 e. The molecule has 4 heteroatoms. The predicted octanol–water partition coefficient (Wildman–Crippen LogP) is 2.74. The molecule has 0 aliphatic rings. The topological polar surface area (TPSA) is 42.2 Å². The number of benzene rings is 1. The number of hydrogen-bond acceptors (Lipinski definition) is 3. The van der Waals surface area contributed by atoms with Gasteiger partial charge in [-0.2, -0.15) is 0 Å². The zero-order chi connectivity index (χ0) is 14.4. The van der Waals surface area contributed by atoms with Gasteiger partial charge in [-0.3, -0.25) is 9.88 Å². The van der Waals surface area contributed by atoms with Crippen molar-refractivity contribution in [3.8, 4) is 0 Å². The quantitative estimate of drug-likeness (QED) is 0.829. The third kappa shape index (κ3) is 3.85. The van der Waals surface area contributed by atoms with E-state index in [9.17, 15) is 0 Å². The van der Waals surface area contributed by atoms with Gasteiger partial charge in [0.25, 0.3) is 0 Å². The summed E-state index contributed by atoms with van der Waals surface area (Å²) in [7, 11) is 0. The van der Waals surface area contributed by atoms with Gasteiger partial charge in [0, 0.05) is 24.8 Å². The van der Waals surface area contributed by atoms with E-state index >= 15 is 0 Å². The Labute approximate surface area is 125 Å². The van der Waals surface area contributed by atoms with Crippen molar-refractivity contribution in [2.75, 3.05) is 6.54 Å². The summed E-state index contributed by atoms with van der Waals surface area (Å²) in [5.74, 6) is 0. The van der Waals surface area contributed by atoms with Crippen LogP contribution in [0.1, 0.15) is 23.7 Å². The lowest BCUT2D eigenvalue weighted by Crippen LogP contribution is -2.24. The maximum absolute atomic E-state index is 5.78. The molecule has 0 atom stereocenters. The van der Waals surface area contributed by atoms with Crippen LogP contribution in [0, 0.1) is 0 Å². The van der Waals surface area contributed by atoms with Crippen molar-refractivity contribution in [3.05, 3.63) is 65.5 Å². The van der Waals surface area contributed by atoms with Crippen molar-refractivity contribution >= 4 is 17.2 Å². The molecule has 0 aliphatic heterocycles. The summed E-state index contributed by atoms with van der Waals surface area (Å²) in [6, 6.07) is 14.0. The molecule has 0 saturated carbocycles. The zero-order valence-corrected chi connectivity index (χ0v) is 12.4. The second-order valence-electron chi connectivity index (χ2n) is 4.65. The van der Waals surface area contributed by atoms with E-state index < -0.39 is 0 Å². The highest BCUT2D eigenvalue weighted by molar-refractivity contribution is 7.80. The molecule has 0 fully saturated rings. The highest BCUT2D eigenvalue weighted by atomic mass is 32.1. The fourth-order valence-electron chi connectivity index (χ4n) is 2.14. The summed E-state index contributed by atoms with van der Waals surface area (Å²) >= 11 is 5.12. The van der Waals surface area contributed by atoms with Gasteiger partial charge in [0.05, 0.1) is 5.69 Å². The van der Waals surface area contributed by atoms with Crippen molar-refractivity contribution in [3.63, 3.8) is 0 Å². The molecule has 1 aromatic heterocycles. The molecule has 3 nitrogen and oxygen atoms in total. The molecule has 0 amide bonds. The first-order chi connectivity index (χ1) is 9.70. The van der Waals surface area contributed by atoms with E-state index in [1.165, 1.54) is 0 Å². The second-order valence-corrected chi connectivity index (χ2v) is 5.09. The van der Waals surface area contributed by atoms with Crippen LogP contribution < -0.4 is 5.73 Å². The van der Waals surface area contributed by atoms with Crippen molar-refractivity contribution in [2.24, 2.45) is 5.73 Å². The first-order valence-corrected chi connectivity index (χ1v) is 7.11. The highest BCUT2D eigenvalue weighted by Gasteiger charge is 2.10. The van der Waals surface area contributed by atoms with E-state index in [-0.39, 0.29) is 0 Å². The molecular weight excluding hydrogens is 266 g/mol. The number of nitrogens with two attached hydrogens (primary N) is 1. The van der Waals surface area contributed by atoms with Crippen LogP contribution in [0.4, 0.5) is 0 Å². The number of hydrogen-bond donors (Lipinski definition) is 1. The van der Waals surface area contributed by atoms with Crippen molar-refractivity contribution in [1.29, 1.82) is 0 Å². The first kappa shape index (κ1) is 14.6. The maximum atomic E-state index is 5.78. The Balaban J connectivity index is 2.13. The Morgan fingerprint density at radius 1 is 1.15 bits per heavy atom. The van der Waals surface area contributed by atoms with E-state index in [4.69, 9.17) is 18.0 Å². The molecule has 0 bridgehead atoms. The minimum absolute atomic E-state index is 0.453. The molecule has 1 aromatic carbocycles. The number of nitrogens with zero attached hydrogens (tertiary/aromatic N) is 2. The minimum Gasteiger partial charge on any atom is -0.389 e. The third-order valence-electron chi connectivity index (χ3n) is 3.24. The van der Waals surface area contributed by atoms with Gasteiger partial charge in [0.15, 0.2) is 0 Å². The van der Waals surface area contributed by atoms with Crippen LogP contribution in [-0.4, -0.2) is 21.4 Å². The van der Waals surface area contributed by atoms with Crippen molar-refractivity contribution in [1.82, 2.24) is 9.88 Å². The third-order valence-corrected chi connectivity index (χ3v) is 3.46. The molecule has 0 saturated heterocycles. The lowest BCUT2D eigenvalue weighted by atomic mass is 10.1. The number of pyridine rings is 1. The van der Waals surface area contributed by atoms with E-state index in [1.807, 2.05) is 42.6 Å². The van der Waals surface area contributed by atoms with Gasteiger partial charge in [-0.15, -0.1) is 0 Å². The van der Waals surface area contributed by atoms with Crippen LogP contribution >= 0.6 is 12.2 Å². The highest BCUT2D eigenvalue weighted by Crippen LogP contribution is 2.13. The Morgan fingerprint density at radius 3 is 2.55 bits per heavy atom. The molecule has 104 valence electrons. The van der Waals surface area contributed by atoms with Gasteiger partial charge in [0.1, 0.15) is 4.99 Å². The lowest BCUT2D eigenvalue weighted by molar-refractivity contribution is 0.268. The van der Waals surface area contributed by atoms with E-state index in [0.717, 1.165) is 36.5 Å². The SMILES string of the molecule is CCN(Cc1ccccn1)Cc1ccccc1C(N)=S. The molecule has 20 heavy (non-hydrogen) atoms. The zero-order valence-electron chi connectivity index (χ0n) is 11.6. The Hall–Kier alpha value is -1.78. The van der Waals surface area contributed by atoms with Gasteiger partial charge in [-0.05, 0) is 24.2 Å². The van der Waals surface area contributed by atoms with Gasteiger partial charge < -0.3 is 5.73 Å². The molecule has 0 aliphatic carbocycles. The molecule has 1 heterocycles. The molecule has 0 unspecified atom stereocenters. The van der Waals surface area contributed by atoms with Crippen LogP contribution in [-0.2, 0) is 13.1 Å². The fraction of sp³-hybridized carbons (Fsp3) is 0.250. The van der Waals surface area contributed by atoms with Crippen LogP contribution in [0.15, 0.2) is 48.7 Å². The number of thiocarbonyl (C=S) groups is 1. The van der Waals surface area contributed by atoms with Gasteiger partial charge in [-0.25, -0.2) is 0 Å². The predicted molar refractivity (Wildman–Crippen MR) is 86.4 cm³/mol. The molecule has 2 N–H and O–H groups in total. The standard InChI is InChI=1S/C16H19N3S/c1-2-19(12-14-8-5-6-10-18-14)11-13-7-3-4-9-15(13)16(17)20/h3-10H,2,11-12H2,1H3,(H2,17,20). The Bertz CT molecular complexity index is 569. The molecule has 0 spiro atoms. The Kier molecular flexibility index (Phi) is 5.21. The fourth-order valence-corrected chi connectivity index (χ4v) is 2.34. The average Bonchev–Trinajstić information content (AvgIpc) is 2.48. The van der Waals surface area contributed by atoms with Crippen molar-refractivity contribution < 1.29 is 0 Å². The van der Waals surface area contributed by atoms with Gasteiger partial charge >= 0.3 is 0 Å². The molecular formula is C16H19N3S. The minimum atomic E-state index is 0.453. The lowest BCUT2D eigenvalue weighted by Gasteiger charge is -2.21.